The van der Waals surface area contributed by atoms with Crippen molar-refractivity contribution in [2.75, 3.05) is 58.1 Å². The predicted molar refractivity (Wildman–Crippen MR) is 154 cm³/mol. The number of carbonyl (C=O) groups excluding carboxylic acids is 1. The molecule has 210 valence electrons. The van der Waals surface area contributed by atoms with Crippen molar-refractivity contribution in [2.24, 2.45) is 5.41 Å². The van der Waals surface area contributed by atoms with Crippen molar-refractivity contribution >= 4 is 28.3 Å². The van der Waals surface area contributed by atoms with Gasteiger partial charge in [0.05, 0.1) is 25.8 Å². The first-order valence-electron chi connectivity index (χ1n) is 13.6. The van der Waals surface area contributed by atoms with E-state index in [0.29, 0.717) is 62.3 Å². The molecule has 0 saturated heterocycles. The highest BCUT2D eigenvalue weighted by atomic mass is 16.5. The summed E-state index contributed by atoms with van der Waals surface area (Å²) in [5, 5.41) is 4.15. The van der Waals surface area contributed by atoms with Crippen LogP contribution in [0, 0.1) is 26.2 Å². The average Bonchev–Trinajstić information content (AvgIpc) is 3.67. The van der Waals surface area contributed by atoms with Gasteiger partial charge in [-0.1, -0.05) is 12.1 Å². The van der Waals surface area contributed by atoms with Crippen LogP contribution in [0.25, 0.3) is 10.9 Å². The third-order valence-corrected chi connectivity index (χ3v) is 7.46. The normalized spacial score (nSPS) is 13.8. The van der Waals surface area contributed by atoms with Crippen molar-refractivity contribution in [2.45, 2.75) is 46.5 Å². The van der Waals surface area contributed by atoms with Gasteiger partial charge in [-0.3, -0.25) is 4.79 Å². The minimum atomic E-state index is -0.0458. The van der Waals surface area contributed by atoms with Gasteiger partial charge in [-0.25, -0.2) is 9.97 Å². The number of ether oxygens (including phenoxy) is 3. The Morgan fingerprint density at radius 2 is 1.92 bits per heavy atom. The van der Waals surface area contributed by atoms with E-state index >= 15 is 0 Å². The lowest BCUT2D eigenvalue weighted by atomic mass is 10.1. The van der Waals surface area contributed by atoms with E-state index in [4.69, 9.17) is 19.9 Å². The number of anilines is 2. The van der Waals surface area contributed by atoms with Crippen molar-refractivity contribution in [3.05, 3.63) is 47.3 Å². The third kappa shape index (κ3) is 7.29. The smallest absolute Gasteiger partial charge is 0.222 e. The molecule has 0 spiro atoms. The molecule has 1 heterocycles. The number of benzene rings is 2. The van der Waals surface area contributed by atoms with E-state index in [9.17, 15) is 4.79 Å². The number of nitrogen functional groups attached to an aromatic ring is 1. The number of aryl methyl sites for hydroxylation is 2. The Balaban J connectivity index is 1.19. The summed E-state index contributed by atoms with van der Waals surface area (Å²) in [7, 11) is 3.48. The first-order valence-corrected chi connectivity index (χ1v) is 13.6. The fraction of sp³-hybridized carbons (Fsp3) is 0.500. The number of hydrogen-bond donors (Lipinski definition) is 2. The number of fused-ring (bicyclic) bond motifs is 1. The maximum absolute atomic E-state index is 12.7. The summed E-state index contributed by atoms with van der Waals surface area (Å²) in [5.41, 5.74) is 10.5. The summed E-state index contributed by atoms with van der Waals surface area (Å²) in [6, 6.07) is 9.91. The van der Waals surface area contributed by atoms with E-state index in [1.54, 1.807) is 14.0 Å². The summed E-state index contributed by atoms with van der Waals surface area (Å²) in [6.07, 6.45) is 3.20. The molecule has 0 unspecified atom stereocenters. The van der Waals surface area contributed by atoms with Crippen molar-refractivity contribution < 1.29 is 19.0 Å². The molecule has 9 heteroatoms. The predicted octanol–water partition coefficient (Wildman–Crippen LogP) is 4.67. The number of nitrogens with one attached hydrogen (secondary N) is 1. The second-order valence-corrected chi connectivity index (χ2v) is 10.6. The maximum Gasteiger partial charge on any atom is 0.222 e. The van der Waals surface area contributed by atoms with E-state index in [1.165, 1.54) is 11.1 Å². The largest absolute Gasteiger partial charge is 0.493 e. The quantitative estimate of drug-likeness (QED) is 0.287. The molecule has 4 rings (SSSR count). The van der Waals surface area contributed by atoms with Gasteiger partial charge in [-0.2, -0.15) is 0 Å². The second kappa shape index (κ2) is 12.5. The fourth-order valence-corrected chi connectivity index (χ4v) is 4.72. The topological polar surface area (TPSA) is 112 Å². The second-order valence-electron chi connectivity index (χ2n) is 10.6. The molecule has 0 radical (unpaired) electrons. The van der Waals surface area contributed by atoms with Crippen LogP contribution in [0.2, 0.25) is 0 Å². The molecule has 0 bridgehead atoms. The van der Waals surface area contributed by atoms with Gasteiger partial charge in [-0.05, 0) is 63.3 Å². The molecule has 1 aliphatic carbocycles. The Bertz CT molecular complexity index is 1310. The minimum Gasteiger partial charge on any atom is -0.493 e. The Hall–Kier alpha value is -3.59. The zero-order chi connectivity index (χ0) is 28.0. The lowest BCUT2D eigenvalue weighted by Crippen LogP contribution is -2.35. The van der Waals surface area contributed by atoms with Crippen molar-refractivity contribution in [1.29, 1.82) is 0 Å². The number of nitrogens with zero attached hydrogens (tertiary/aromatic N) is 3. The van der Waals surface area contributed by atoms with Crippen molar-refractivity contribution in [3.8, 4) is 11.5 Å². The lowest BCUT2D eigenvalue weighted by Gasteiger charge is -2.24. The van der Waals surface area contributed by atoms with E-state index in [0.717, 1.165) is 36.0 Å². The van der Waals surface area contributed by atoms with Crippen LogP contribution in [-0.2, 0) is 9.53 Å². The van der Waals surface area contributed by atoms with Crippen LogP contribution >= 0.6 is 0 Å². The van der Waals surface area contributed by atoms with Gasteiger partial charge in [0.1, 0.15) is 11.6 Å². The van der Waals surface area contributed by atoms with Crippen LogP contribution in [0.5, 0.6) is 11.5 Å². The SMILES string of the molecule is COc1cc2nc(C)nc(N)c2cc1OCC1(CN(C)C(=O)CCCOCCNc2cccc(C)c2C)CC1. The van der Waals surface area contributed by atoms with Crippen LogP contribution in [0.1, 0.15) is 42.6 Å². The number of nitrogens with two attached hydrogens (primary N) is 1. The highest BCUT2D eigenvalue weighted by Gasteiger charge is 2.45. The molecule has 1 fully saturated rings. The number of hydrogen-bond acceptors (Lipinski definition) is 8. The number of methoxy groups -OCH3 is 1. The molecule has 0 aliphatic heterocycles. The van der Waals surface area contributed by atoms with Gasteiger partial charge >= 0.3 is 0 Å². The minimum absolute atomic E-state index is 0.0458. The van der Waals surface area contributed by atoms with Crippen molar-refractivity contribution in [1.82, 2.24) is 14.9 Å². The van der Waals surface area contributed by atoms with E-state index in [-0.39, 0.29) is 11.3 Å². The lowest BCUT2D eigenvalue weighted by molar-refractivity contribution is -0.131. The average molecular weight is 536 g/mol. The zero-order valence-corrected chi connectivity index (χ0v) is 23.8. The first-order chi connectivity index (χ1) is 18.7. The van der Waals surface area contributed by atoms with Gasteiger partial charge in [0.25, 0.3) is 0 Å². The van der Waals surface area contributed by atoms with Crippen LogP contribution in [0.3, 0.4) is 0 Å². The summed E-state index contributed by atoms with van der Waals surface area (Å²) in [6.45, 7) is 9.10. The highest BCUT2D eigenvalue weighted by Crippen LogP contribution is 2.47. The number of aromatic nitrogens is 2. The Morgan fingerprint density at radius 3 is 2.67 bits per heavy atom. The van der Waals surface area contributed by atoms with E-state index in [1.807, 2.05) is 24.1 Å². The van der Waals surface area contributed by atoms with Gasteiger partial charge in [0, 0.05) is 55.7 Å². The van der Waals surface area contributed by atoms with Crippen molar-refractivity contribution in [3.63, 3.8) is 0 Å². The number of carbonyl (C=O) groups is 1. The molecule has 3 N–H and O–H groups in total. The van der Waals surface area contributed by atoms with E-state index in [2.05, 4.69) is 47.3 Å². The summed E-state index contributed by atoms with van der Waals surface area (Å²) < 4.78 is 17.5. The Labute approximate surface area is 231 Å². The molecular formula is C30H41N5O4. The summed E-state index contributed by atoms with van der Waals surface area (Å²) in [4.78, 5) is 23.3. The third-order valence-electron chi connectivity index (χ3n) is 7.46. The molecule has 1 amide bonds. The molecule has 9 nitrogen and oxygen atoms in total. The molecule has 1 aliphatic rings. The molecule has 1 aromatic heterocycles. The molecule has 2 aromatic carbocycles. The van der Waals surface area contributed by atoms with Crippen LogP contribution in [0.15, 0.2) is 30.3 Å². The zero-order valence-electron chi connectivity index (χ0n) is 23.8. The Morgan fingerprint density at radius 1 is 1.13 bits per heavy atom. The van der Waals surface area contributed by atoms with E-state index < -0.39 is 0 Å². The first kappa shape index (κ1) is 28.4. The number of rotatable bonds is 14. The molecule has 1 saturated carbocycles. The van der Waals surface area contributed by atoms with Crippen LogP contribution in [-0.4, -0.2) is 67.8 Å². The summed E-state index contributed by atoms with van der Waals surface area (Å²) in [5.74, 6) is 2.36. The molecule has 3 aromatic rings. The van der Waals surface area contributed by atoms with Crippen LogP contribution in [0.4, 0.5) is 11.5 Å². The molecule has 39 heavy (non-hydrogen) atoms. The molecular weight excluding hydrogens is 494 g/mol. The van der Waals surface area contributed by atoms with Gasteiger partial charge < -0.3 is 30.2 Å². The summed E-state index contributed by atoms with van der Waals surface area (Å²) >= 11 is 0. The standard InChI is InChI=1S/C30H41N5O4/c1-20-8-6-9-24(21(20)2)32-13-15-38-14-7-10-28(36)35(4)18-30(11-12-30)19-39-27-16-23-25(17-26(27)37-5)33-22(3)34-29(23)31/h6,8-9,16-17,32H,7,10-15,18-19H2,1-5H3,(H2,31,33,34). The highest BCUT2D eigenvalue weighted by molar-refractivity contribution is 5.90. The Kier molecular flexibility index (Phi) is 9.12. The fourth-order valence-electron chi connectivity index (χ4n) is 4.72. The maximum atomic E-state index is 12.7. The van der Waals surface area contributed by atoms with Gasteiger partial charge in [0.15, 0.2) is 11.5 Å². The monoisotopic (exact) mass is 535 g/mol. The van der Waals surface area contributed by atoms with Gasteiger partial charge in [0.2, 0.25) is 5.91 Å². The van der Waals surface area contributed by atoms with Gasteiger partial charge in [-0.15, -0.1) is 0 Å². The number of amides is 1. The molecule has 0 atom stereocenters. The van der Waals surface area contributed by atoms with Crippen LogP contribution < -0.4 is 20.5 Å².